The second-order valence-corrected chi connectivity index (χ2v) is 6.21. The van der Waals surface area contributed by atoms with Gasteiger partial charge >= 0.3 is 0 Å². The predicted octanol–water partition coefficient (Wildman–Crippen LogP) is 4.37. The minimum atomic E-state index is -0.943. The number of benzene rings is 1. The fourth-order valence-electron chi connectivity index (χ4n) is 2.29. The first-order valence-corrected chi connectivity index (χ1v) is 7.91. The summed E-state index contributed by atoms with van der Waals surface area (Å²) in [7, 11) is 0. The SMILES string of the molecule is OC(c1cc(Cl)n(Cc2cccc(Cl)c2)c1)c1cncnc1Cl. The predicted molar refractivity (Wildman–Crippen MR) is 91.1 cm³/mol. The molecule has 0 amide bonds. The number of hydrogen-bond acceptors (Lipinski definition) is 3. The maximum absolute atomic E-state index is 10.5. The van der Waals surface area contributed by atoms with E-state index in [4.69, 9.17) is 34.8 Å². The van der Waals surface area contributed by atoms with Gasteiger partial charge in [0.1, 0.15) is 22.7 Å². The van der Waals surface area contributed by atoms with Crippen molar-refractivity contribution in [3.05, 3.63) is 81.1 Å². The molecule has 0 spiro atoms. The van der Waals surface area contributed by atoms with Gasteiger partial charge in [-0.3, -0.25) is 0 Å². The van der Waals surface area contributed by atoms with E-state index in [9.17, 15) is 5.11 Å². The van der Waals surface area contributed by atoms with Crippen molar-refractivity contribution in [3.8, 4) is 0 Å². The number of aliphatic hydroxyl groups excluding tert-OH is 1. The zero-order valence-electron chi connectivity index (χ0n) is 11.8. The van der Waals surface area contributed by atoms with Gasteiger partial charge in [-0.05, 0) is 23.8 Å². The number of aromatic nitrogens is 3. The van der Waals surface area contributed by atoms with E-state index in [2.05, 4.69) is 9.97 Å². The molecule has 0 aliphatic rings. The van der Waals surface area contributed by atoms with Crippen molar-refractivity contribution < 1.29 is 5.11 Å². The smallest absolute Gasteiger partial charge is 0.138 e. The Labute approximate surface area is 148 Å². The third-order valence-electron chi connectivity index (χ3n) is 3.41. The van der Waals surface area contributed by atoms with Gasteiger partial charge in [0, 0.05) is 35.1 Å². The molecule has 0 saturated heterocycles. The van der Waals surface area contributed by atoms with E-state index in [0.717, 1.165) is 5.56 Å². The summed E-state index contributed by atoms with van der Waals surface area (Å²) in [6.45, 7) is 0.547. The summed E-state index contributed by atoms with van der Waals surface area (Å²) in [5.74, 6) is 0. The molecule has 3 rings (SSSR count). The maximum atomic E-state index is 10.5. The molecule has 0 aliphatic carbocycles. The molecule has 7 heteroatoms. The average molecular weight is 369 g/mol. The van der Waals surface area contributed by atoms with E-state index >= 15 is 0 Å². The number of aliphatic hydroxyl groups is 1. The molecule has 0 bridgehead atoms. The molecular weight excluding hydrogens is 357 g/mol. The van der Waals surface area contributed by atoms with Crippen LogP contribution >= 0.6 is 34.8 Å². The summed E-state index contributed by atoms with van der Waals surface area (Å²) in [4.78, 5) is 7.76. The molecule has 1 N–H and O–H groups in total. The Kier molecular flexibility index (Phi) is 4.87. The average Bonchev–Trinajstić information content (AvgIpc) is 2.88. The third kappa shape index (κ3) is 3.67. The Morgan fingerprint density at radius 1 is 1.17 bits per heavy atom. The summed E-state index contributed by atoms with van der Waals surface area (Å²) in [6.07, 6.45) is 3.65. The van der Waals surface area contributed by atoms with Crippen LogP contribution in [0.4, 0.5) is 0 Å². The highest BCUT2D eigenvalue weighted by atomic mass is 35.5. The second kappa shape index (κ2) is 6.89. The van der Waals surface area contributed by atoms with Crippen LogP contribution in [0.2, 0.25) is 15.3 Å². The number of nitrogens with zero attached hydrogens (tertiary/aromatic N) is 3. The monoisotopic (exact) mass is 367 g/mol. The molecule has 2 aromatic heterocycles. The molecule has 23 heavy (non-hydrogen) atoms. The van der Waals surface area contributed by atoms with E-state index in [0.29, 0.717) is 27.8 Å². The zero-order chi connectivity index (χ0) is 16.4. The van der Waals surface area contributed by atoms with Gasteiger partial charge in [0.2, 0.25) is 0 Å². The molecule has 1 aromatic carbocycles. The number of rotatable bonds is 4. The summed E-state index contributed by atoms with van der Waals surface area (Å²) in [5.41, 5.74) is 2.07. The van der Waals surface area contributed by atoms with Crippen molar-refractivity contribution in [1.29, 1.82) is 0 Å². The molecule has 0 saturated carbocycles. The standard InChI is InChI=1S/C16H12Cl3N3O/c17-12-3-1-2-10(4-12)7-22-8-11(5-14(22)18)15(23)13-6-20-9-21-16(13)19/h1-6,8-9,15,23H,7H2. The van der Waals surface area contributed by atoms with Crippen molar-refractivity contribution in [2.45, 2.75) is 12.6 Å². The molecule has 1 unspecified atom stereocenters. The van der Waals surface area contributed by atoms with Gasteiger partial charge in [-0.15, -0.1) is 0 Å². The van der Waals surface area contributed by atoms with Crippen molar-refractivity contribution in [2.75, 3.05) is 0 Å². The summed E-state index contributed by atoms with van der Waals surface area (Å²) in [6, 6.07) is 9.22. The van der Waals surface area contributed by atoms with Crippen LogP contribution in [-0.4, -0.2) is 19.6 Å². The highest BCUT2D eigenvalue weighted by Crippen LogP contribution is 2.29. The highest BCUT2D eigenvalue weighted by Gasteiger charge is 2.18. The fraction of sp³-hybridized carbons (Fsp3) is 0.125. The van der Waals surface area contributed by atoms with Gasteiger partial charge in [-0.25, -0.2) is 9.97 Å². The van der Waals surface area contributed by atoms with E-state index in [-0.39, 0.29) is 5.15 Å². The number of hydrogen-bond donors (Lipinski definition) is 1. The zero-order valence-corrected chi connectivity index (χ0v) is 14.1. The highest BCUT2D eigenvalue weighted by molar-refractivity contribution is 6.31. The van der Waals surface area contributed by atoms with Crippen molar-refractivity contribution >= 4 is 34.8 Å². The molecule has 0 fully saturated rings. The Balaban J connectivity index is 1.87. The summed E-state index contributed by atoms with van der Waals surface area (Å²) >= 11 is 18.3. The van der Waals surface area contributed by atoms with E-state index < -0.39 is 6.10 Å². The molecule has 0 aliphatic heterocycles. The first-order chi connectivity index (χ1) is 11.0. The normalized spacial score (nSPS) is 12.3. The van der Waals surface area contributed by atoms with Gasteiger partial charge in [0.05, 0.1) is 0 Å². The van der Waals surface area contributed by atoms with Gasteiger partial charge in [0.15, 0.2) is 0 Å². The molecule has 3 aromatic rings. The second-order valence-electron chi connectivity index (χ2n) is 5.03. The minimum absolute atomic E-state index is 0.214. The van der Waals surface area contributed by atoms with Crippen molar-refractivity contribution in [3.63, 3.8) is 0 Å². The molecular formula is C16H12Cl3N3O. The van der Waals surface area contributed by atoms with Crippen molar-refractivity contribution in [1.82, 2.24) is 14.5 Å². The van der Waals surface area contributed by atoms with Crippen LogP contribution in [-0.2, 0) is 6.54 Å². The molecule has 118 valence electrons. The van der Waals surface area contributed by atoms with Crippen molar-refractivity contribution in [2.24, 2.45) is 0 Å². The Hall–Kier alpha value is -1.59. The van der Waals surface area contributed by atoms with Gasteiger partial charge in [-0.1, -0.05) is 46.9 Å². The Bertz CT molecular complexity index is 835. The maximum Gasteiger partial charge on any atom is 0.138 e. The molecule has 2 heterocycles. The Morgan fingerprint density at radius 3 is 2.74 bits per heavy atom. The lowest BCUT2D eigenvalue weighted by molar-refractivity contribution is 0.219. The quantitative estimate of drug-likeness (QED) is 0.696. The van der Waals surface area contributed by atoms with Crippen LogP contribution in [0.15, 0.2) is 49.1 Å². The topological polar surface area (TPSA) is 50.9 Å². The Morgan fingerprint density at radius 2 is 2.00 bits per heavy atom. The van der Waals surface area contributed by atoms with Crippen LogP contribution in [0, 0.1) is 0 Å². The first-order valence-electron chi connectivity index (χ1n) is 6.78. The van der Waals surface area contributed by atoms with Gasteiger partial charge < -0.3 is 9.67 Å². The minimum Gasteiger partial charge on any atom is -0.383 e. The van der Waals surface area contributed by atoms with Crippen LogP contribution in [0.25, 0.3) is 0 Å². The molecule has 4 nitrogen and oxygen atoms in total. The number of halogens is 3. The fourth-order valence-corrected chi connectivity index (χ4v) is 2.93. The molecule has 0 radical (unpaired) electrons. The molecule has 1 atom stereocenters. The van der Waals surface area contributed by atoms with E-state index in [1.165, 1.54) is 12.5 Å². The van der Waals surface area contributed by atoms with Gasteiger partial charge in [0.25, 0.3) is 0 Å². The van der Waals surface area contributed by atoms with Crippen LogP contribution in [0.3, 0.4) is 0 Å². The lowest BCUT2D eigenvalue weighted by Crippen LogP contribution is -2.02. The van der Waals surface area contributed by atoms with Gasteiger partial charge in [-0.2, -0.15) is 0 Å². The lowest BCUT2D eigenvalue weighted by Gasteiger charge is -2.09. The first kappa shape index (κ1) is 16.3. The van der Waals surface area contributed by atoms with E-state index in [1.807, 2.05) is 28.8 Å². The third-order valence-corrected chi connectivity index (χ3v) is 4.28. The summed E-state index contributed by atoms with van der Waals surface area (Å²) < 4.78 is 1.82. The van der Waals surface area contributed by atoms with Crippen LogP contribution in [0.5, 0.6) is 0 Å². The summed E-state index contributed by atoms with van der Waals surface area (Å²) in [5, 5.41) is 11.8. The van der Waals surface area contributed by atoms with Crippen LogP contribution < -0.4 is 0 Å². The lowest BCUT2D eigenvalue weighted by atomic mass is 10.1. The van der Waals surface area contributed by atoms with E-state index in [1.54, 1.807) is 12.3 Å². The largest absolute Gasteiger partial charge is 0.383 e. The van der Waals surface area contributed by atoms with Crippen LogP contribution in [0.1, 0.15) is 22.8 Å².